The van der Waals surface area contributed by atoms with E-state index in [4.69, 9.17) is 4.74 Å². The van der Waals surface area contributed by atoms with Crippen molar-refractivity contribution in [3.63, 3.8) is 0 Å². The maximum atomic E-state index is 12.5. The number of aromatic nitrogens is 5. The van der Waals surface area contributed by atoms with Gasteiger partial charge in [-0.1, -0.05) is 0 Å². The third kappa shape index (κ3) is 4.46. The Morgan fingerprint density at radius 1 is 1.34 bits per heavy atom. The Hall–Kier alpha value is -4.02. The number of amides is 1. The van der Waals surface area contributed by atoms with Gasteiger partial charge < -0.3 is 9.84 Å². The average molecular weight is 397 g/mol. The summed E-state index contributed by atoms with van der Waals surface area (Å²) in [6, 6.07) is 6.21. The molecule has 3 aromatic rings. The molecule has 0 atom stereocenters. The van der Waals surface area contributed by atoms with Crippen molar-refractivity contribution >= 4 is 12.1 Å². The molecule has 0 saturated carbocycles. The fraction of sp³-hybridized carbons (Fsp3) is 0.222. The number of nitrogens with zero attached hydrogens (tertiary/aromatic N) is 5. The molecule has 0 fully saturated rings. The van der Waals surface area contributed by atoms with E-state index in [0.29, 0.717) is 23.6 Å². The van der Waals surface area contributed by atoms with Gasteiger partial charge in [-0.3, -0.25) is 14.6 Å². The first-order chi connectivity index (χ1) is 13.9. The van der Waals surface area contributed by atoms with Crippen molar-refractivity contribution in [1.82, 2.24) is 30.4 Å². The first-order valence-electron chi connectivity index (χ1n) is 8.69. The number of carbonyl (C=O) groups excluding carboxylic acids is 1. The summed E-state index contributed by atoms with van der Waals surface area (Å²) in [4.78, 5) is 26.8. The lowest BCUT2D eigenvalue weighted by atomic mass is 10.2. The van der Waals surface area contributed by atoms with E-state index in [1.165, 1.54) is 30.0 Å². The number of carbonyl (C=O) groups is 1. The fourth-order valence-electron chi connectivity index (χ4n) is 2.41. The zero-order valence-electron chi connectivity index (χ0n) is 16.0. The quantitative estimate of drug-likeness (QED) is 0.412. The molecule has 0 aliphatic carbocycles. The Labute approximate surface area is 165 Å². The third-order valence-electron chi connectivity index (χ3n) is 3.78. The second-order valence-electron chi connectivity index (χ2n) is 6.01. The summed E-state index contributed by atoms with van der Waals surface area (Å²) in [5, 5.41) is 25.4. The number of phenols is 1. The van der Waals surface area contributed by atoms with E-state index in [-0.39, 0.29) is 23.1 Å². The summed E-state index contributed by atoms with van der Waals surface area (Å²) in [5.74, 6) is -0.212. The average Bonchev–Trinajstić information content (AvgIpc) is 3.08. The molecule has 11 heteroatoms. The van der Waals surface area contributed by atoms with Crippen LogP contribution in [0.5, 0.6) is 11.5 Å². The zero-order valence-corrected chi connectivity index (χ0v) is 16.0. The van der Waals surface area contributed by atoms with Gasteiger partial charge in [0.05, 0.1) is 18.5 Å². The molecule has 1 aromatic carbocycles. The first-order valence-corrected chi connectivity index (χ1v) is 8.69. The van der Waals surface area contributed by atoms with E-state index >= 15 is 0 Å². The van der Waals surface area contributed by atoms with Crippen LogP contribution in [0.1, 0.15) is 34.4 Å². The molecule has 0 unspecified atom stereocenters. The minimum Gasteiger partial charge on any atom is -0.504 e. The van der Waals surface area contributed by atoms with Crippen molar-refractivity contribution in [2.24, 2.45) is 5.10 Å². The molecule has 3 rings (SSSR count). The van der Waals surface area contributed by atoms with Crippen LogP contribution >= 0.6 is 0 Å². The molecule has 11 nitrogen and oxygen atoms in total. The van der Waals surface area contributed by atoms with Crippen LogP contribution in [0.25, 0.3) is 5.95 Å². The highest BCUT2D eigenvalue weighted by atomic mass is 16.5. The van der Waals surface area contributed by atoms with Crippen molar-refractivity contribution in [1.29, 1.82) is 0 Å². The molecule has 3 N–H and O–H groups in total. The largest absolute Gasteiger partial charge is 0.504 e. The highest BCUT2D eigenvalue weighted by Crippen LogP contribution is 2.26. The van der Waals surface area contributed by atoms with Crippen molar-refractivity contribution in [2.45, 2.75) is 20.8 Å². The number of hydrogen-bond donors (Lipinski definition) is 3. The van der Waals surface area contributed by atoms with Gasteiger partial charge in [-0.2, -0.15) is 14.9 Å². The number of H-pyrrole nitrogens is 1. The molecule has 2 aromatic heterocycles. The predicted molar refractivity (Wildman–Crippen MR) is 104 cm³/mol. The molecule has 0 bridgehead atoms. The third-order valence-corrected chi connectivity index (χ3v) is 3.78. The van der Waals surface area contributed by atoms with E-state index in [9.17, 15) is 14.7 Å². The molecule has 0 aliphatic rings. The van der Waals surface area contributed by atoms with E-state index in [2.05, 4.69) is 30.8 Å². The number of benzene rings is 1. The van der Waals surface area contributed by atoms with Gasteiger partial charge in [0.1, 0.15) is 11.4 Å². The number of rotatable bonds is 6. The summed E-state index contributed by atoms with van der Waals surface area (Å²) in [6.45, 7) is 5.42. The summed E-state index contributed by atoms with van der Waals surface area (Å²) in [5.41, 5.74) is 3.44. The molecule has 150 valence electrons. The van der Waals surface area contributed by atoms with E-state index in [1.807, 2.05) is 0 Å². The zero-order chi connectivity index (χ0) is 21.0. The second kappa shape index (κ2) is 8.33. The summed E-state index contributed by atoms with van der Waals surface area (Å²) < 4.78 is 6.49. The lowest BCUT2D eigenvalue weighted by Gasteiger charge is -2.06. The standard InChI is InChI=1S/C18H19N7O4/c1-4-29-15-8-12(5-6-14(15)26)9-19-22-17(28)13-7-10(2)24-25(13)18-20-16(27)11(3)21-23-18/h5-9,26H,4H2,1-3H3,(H,22,28)(H,20,23,27)/b19-9-. The summed E-state index contributed by atoms with van der Waals surface area (Å²) in [6.07, 6.45) is 1.40. The fourth-order valence-corrected chi connectivity index (χ4v) is 2.41. The molecule has 0 radical (unpaired) electrons. The first kappa shape index (κ1) is 19.7. The maximum Gasteiger partial charge on any atom is 0.290 e. The van der Waals surface area contributed by atoms with Gasteiger partial charge in [-0.15, -0.1) is 10.2 Å². The number of hydrogen-bond acceptors (Lipinski definition) is 8. The van der Waals surface area contributed by atoms with Gasteiger partial charge in [-0.05, 0) is 50.6 Å². The molecule has 0 spiro atoms. The highest BCUT2D eigenvalue weighted by molar-refractivity contribution is 5.94. The topological polar surface area (TPSA) is 147 Å². The van der Waals surface area contributed by atoms with E-state index < -0.39 is 11.5 Å². The SMILES string of the molecule is CCOc1cc(/C=N\NC(=O)c2cc(C)nn2-c2nnc(C)c(=O)[nH]2)ccc1O. The minimum atomic E-state index is -0.561. The number of ether oxygens (including phenoxy) is 1. The van der Waals surface area contributed by atoms with Crippen molar-refractivity contribution in [3.8, 4) is 17.4 Å². The number of nitrogens with one attached hydrogen (secondary N) is 2. The lowest BCUT2D eigenvalue weighted by molar-refractivity contribution is 0.0947. The minimum absolute atomic E-state index is 0.0145. The number of hydrazone groups is 1. The van der Waals surface area contributed by atoms with Gasteiger partial charge in [-0.25, -0.2) is 5.43 Å². The molecule has 1 amide bonds. The smallest absolute Gasteiger partial charge is 0.290 e. The highest BCUT2D eigenvalue weighted by Gasteiger charge is 2.17. The Bertz CT molecular complexity index is 1130. The van der Waals surface area contributed by atoms with Gasteiger partial charge in [0, 0.05) is 0 Å². The van der Waals surface area contributed by atoms with E-state index in [0.717, 1.165) is 0 Å². The summed E-state index contributed by atoms with van der Waals surface area (Å²) >= 11 is 0. The van der Waals surface area contributed by atoms with Gasteiger partial charge in [0.2, 0.25) is 0 Å². The van der Waals surface area contributed by atoms with Crippen LogP contribution in [0.3, 0.4) is 0 Å². The molecule has 0 saturated heterocycles. The van der Waals surface area contributed by atoms with E-state index in [1.54, 1.807) is 26.0 Å². The molecular formula is C18H19N7O4. The van der Waals surface area contributed by atoms with Crippen LogP contribution in [-0.4, -0.2) is 48.8 Å². The van der Waals surface area contributed by atoms with Crippen LogP contribution in [0.4, 0.5) is 0 Å². The van der Waals surface area contributed by atoms with Crippen LogP contribution in [0, 0.1) is 13.8 Å². The van der Waals surface area contributed by atoms with Gasteiger partial charge >= 0.3 is 0 Å². The Morgan fingerprint density at radius 3 is 2.86 bits per heavy atom. The van der Waals surface area contributed by atoms with Crippen LogP contribution in [0.2, 0.25) is 0 Å². The summed E-state index contributed by atoms with van der Waals surface area (Å²) in [7, 11) is 0. The molecular weight excluding hydrogens is 378 g/mol. The van der Waals surface area contributed by atoms with Crippen LogP contribution in [-0.2, 0) is 0 Å². The van der Waals surface area contributed by atoms with Crippen molar-refractivity contribution in [2.75, 3.05) is 6.61 Å². The molecule has 29 heavy (non-hydrogen) atoms. The Morgan fingerprint density at radius 2 is 2.14 bits per heavy atom. The number of aromatic hydroxyl groups is 1. The molecule has 0 aliphatic heterocycles. The van der Waals surface area contributed by atoms with Gasteiger partial charge in [0.25, 0.3) is 17.4 Å². The number of phenolic OH excluding ortho intramolecular Hbond substituents is 1. The second-order valence-corrected chi connectivity index (χ2v) is 6.01. The number of aryl methyl sites for hydroxylation is 2. The number of aromatic amines is 1. The Balaban J connectivity index is 1.80. The van der Waals surface area contributed by atoms with Crippen molar-refractivity contribution < 1.29 is 14.6 Å². The monoisotopic (exact) mass is 397 g/mol. The van der Waals surface area contributed by atoms with Gasteiger partial charge in [0.15, 0.2) is 11.5 Å². The normalized spacial score (nSPS) is 11.0. The maximum absolute atomic E-state index is 12.5. The van der Waals surface area contributed by atoms with Crippen molar-refractivity contribution in [3.05, 3.63) is 57.3 Å². The molecule has 2 heterocycles. The van der Waals surface area contributed by atoms with Crippen LogP contribution < -0.4 is 15.7 Å². The Kier molecular flexibility index (Phi) is 5.67. The lowest BCUT2D eigenvalue weighted by Crippen LogP contribution is -2.24. The van der Waals surface area contributed by atoms with Crippen LogP contribution in [0.15, 0.2) is 34.2 Å². The predicted octanol–water partition coefficient (Wildman–Crippen LogP) is 0.836.